The second-order valence-corrected chi connectivity index (χ2v) is 2.72. The number of aliphatic carboxylic acids is 1. The number of carbonyl (C=O) groups is 1. The van der Waals surface area contributed by atoms with E-state index < -0.39 is 18.1 Å². The first-order valence-corrected chi connectivity index (χ1v) is 3.84. The molecule has 13 heavy (non-hydrogen) atoms. The van der Waals surface area contributed by atoms with Crippen LogP contribution in [0.25, 0.3) is 0 Å². The van der Waals surface area contributed by atoms with Gasteiger partial charge in [-0.05, 0) is 5.56 Å². The summed E-state index contributed by atoms with van der Waals surface area (Å²) in [6.45, 7) is 0. The number of hydrogen-bond acceptors (Lipinski definition) is 3. The van der Waals surface area contributed by atoms with E-state index >= 15 is 0 Å². The third-order valence-electron chi connectivity index (χ3n) is 1.77. The van der Waals surface area contributed by atoms with E-state index in [1.807, 2.05) is 0 Å². The zero-order valence-corrected chi connectivity index (χ0v) is 6.92. The largest absolute Gasteiger partial charge is 0.480 e. The lowest BCUT2D eigenvalue weighted by Crippen LogP contribution is -2.36. The molecule has 0 saturated heterocycles. The van der Waals surface area contributed by atoms with Gasteiger partial charge in [-0.3, -0.25) is 4.79 Å². The minimum absolute atomic E-state index is 0.511. The SMILES string of the molecule is N[C@H](C(=O)O)C(O)c1ccccc1. The summed E-state index contributed by atoms with van der Waals surface area (Å²) in [5.74, 6) is -1.21. The first-order chi connectivity index (χ1) is 6.13. The van der Waals surface area contributed by atoms with Crippen molar-refractivity contribution in [3.05, 3.63) is 35.9 Å². The van der Waals surface area contributed by atoms with Gasteiger partial charge in [-0.25, -0.2) is 0 Å². The minimum atomic E-state index is -1.28. The Bertz CT molecular complexity index is 286. The second-order valence-electron chi connectivity index (χ2n) is 2.72. The summed E-state index contributed by atoms with van der Waals surface area (Å²) in [6, 6.07) is 7.20. The summed E-state index contributed by atoms with van der Waals surface area (Å²) < 4.78 is 0. The van der Waals surface area contributed by atoms with Crippen molar-refractivity contribution in [3.8, 4) is 0 Å². The van der Waals surface area contributed by atoms with Crippen molar-refractivity contribution in [2.24, 2.45) is 5.73 Å². The lowest BCUT2D eigenvalue weighted by molar-refractivity contribution is -0.141. The van der Waals surface area contributed by atoms with Crippen molar-refractivity contribution in [2.45, 2.75) is 12.1 Å². The van der Waals surface area contributed by atoms with Crippen LogP contribution in [0.5, 0.6) is 0 Å². The van der Waals surface area contributed by atoms with Gasteiger partial charge in [0.25, 0.3) is 0 Å². The number of aliphatic hydroxyl groups excluding tert-OH is 1. The maximum absolute atomic E-state index is 10.4. The zero-order chi connectivity index (χ0) is 9.84. The van der Waals surface area contributed by atoms with Crippen LogP contribution >= 0.6 is 0 Å². The predicted octanol–water partition coefficient (Wildman–Crippen LogP) is 0.132. The predicted molar refractivity (Wildman–Crippen MR) is 47.0 cm³/mol. The Morgan fingerprint density at radius 2 is 1.85 bits per heavy atom. The number of carboxylic acid groups (broad SMARTS) is 1. The number of aliphatic hydroxyl groups is 1. The fourth-order valence-corrected chi connectivity index (χ4v) is 0.993. The molecule has 0 aliphatic carbocycles. The van der Waals surface area contributed by atoms with Gasteiger partial charge in [-0.2, -0.15) is 0 Å². The van der Waals surface area contributed by atoms with E-state index in [0.717, 1.165) is 0 Å². The third-order valence-corrected chi connectivity index (χ3v) is 1.77. The van der Waals surface area contributed by atoms with E-state index in [1.165, 1.54) is 0 Å². The van der Waals surface area contributed by atoms with Gasteiger partial charge < -0.3 is 15.9 Å². The van der Waals surface area contributed by atoms with Gasteiger partial charge in [-0.1, -0.05) is 30.3 Å². The Morgan fingerprint density at radius 1 is 1.31 bits per heavy atom. The maximum Gasteiger partial charge on any atom is 0.323 e. The quantitative estimate of drug-likeness (QED) is 0.619. The van der Waals surface area contributed by atoms with Crippen LogP contribution in [-0.4, -0.2) is 22.2 Å². The molecule has 0 aliphatic rings. The van der Waals surface area contributed by atoms with Crippen molar-refractivity contribution in [1.82, 2.24) is 0 Å². The molecule has 1 rings (SSSR count). The Balaban J connectivity index is 2.79. The highest BCUT2D eigenvalue weighted by atomic mass is 16.4. The Hall–Kier alpha value is -1.39. The summed E-state index contributed by atoms with van der Waals surface area (Å²) >= 11 is 0. The molecule has 4 N–H and O–H groups in total. The maximum atomic E-state index is 10.4. The summed E-state index contributed by atoms with van der Waals surface area (Å²) in [7, 11) is 0. The number of nitrogens with two attached hydrogens (primary N) is 1. The highest BCUT2D eigenvalue weighted by Gasteiger charge is 2.22. The van der Waals surface area contributed by atoms with Crippen LogP contribution in [0.2, 0.25) is 0 Å². The molecule has 1 aromatic rings. The Labute approximate surface area is 75.6 Å². The average molecular weight is 181 g/mol. The van der Waals surface area contributed by atoms with Crippen LogP contribution in [0, 0.1) is 0 Å². The minimum Gasteiger partial charge on any atom is -0.480 e. The van der Waals surface area contributed by atoms with E-state index in [4.69, 9.17) is 10.8 Å². The fourth-order valence-electron chi connectivity index (χ4n) is 0.993. The highest BCUT2D eigenvalue weighted by Crippen LogP contribution is 2.14. The average Bonchev–Trinajstić information content (AvgIpc) is 2.17. The van der Waals surface area contributed by atoms with Gasteiger partial charge in [0.05, 0.1) is 0 Å². The molecule has 1 unspecified atom stereocenters. The van der Waals surface area contributed by atoms with Crippen LogP contribution in [0.1, 0.15) is 11.7 Å². The molecule has 0 aliphatic heterocycles. The molecule has 4 heteroatoms. The molecular weight excluding hydrogens is 170 g/mol. The molecule has 0 heterocycles. The second kappa shape index (κ2) is 4.02. The van der Waals surface area contributed by atoms with E-state index in [2.05, 4.69) is 0 Å². The molecule has 0 fully saturated rings. The van der Waals surface area contributed by atoms with Crippen molar-refractivity contribution in [1.29, 1.82) is 0 Å². The standard InChI is InChI=1S/C9H11NO3/c10-7(9(12)13)8(11)6-4-2-1-3-5-6/h1-5,7-8,11H,10H2,(H,12,13)/t7-,8?/m0/s1. The number of carboxylic acids is 1. The van der Waals surface area contributed by atoms with Gasteiger partial charge in [0.2, 0.25) is 0 Å². The molecule has 70 valence electrons. The molecule has 0 radical (unpaired) electrons. The molecule has 0 saturated carbocycles. The molecule has 1 aromatic carbocycles. The molecule has 0 spiro atoms. The number of rotatable bonds is 3. The molecule has 0 aromatic heterocycles. The smallest absolute Gasteiger partial charge is 0.323 e. The number of hydrogen-bond donors (Lipinski definition) is 3. The summed E-state index contributed by atoms with van der Waals surface area (Å²) in [4.78, 5) is 10.4. The van der Waals surface area contributed by atoms with Crippen LogP contribution in [-0.2, 0) is 4.79 Å². The van der Waals surface area contributed by atoms with Gasteiger partial charge in [0.1, 0.15) is 12.1 Å². The fraction of sp³-hybridized carbons (Fsp3) is 0.222. The zero-order valence-electron chi connectivity index (χ0n) is 6.92. The van der Waals surface area contributed by atoms with Crippen LogP contribution in [0.15, 0.2) is 30.3 Å². The highest BCUT2D eigenvalue weighted by molar-refractivity contribution is 5.74. The number of benzene rings is 1. The van der Waals surface area contributed by atoms with Crippen LogP contribution < -0.4 is 5.73 Å². The van der Waals surface area contributed by atoms with E-state index in [0.29, 0.717) is 5.56 Å². The van der Waals surface area contributed by atoms with Crippen LogP contribution in [0.4, 0.5) is 0 Å². The van der Waals surface area contributed by atoms with Crippen molar-refractivity contribution >= 4 is 5.97 Å². The van der Waals surface area contributed by atoms with Gasteiger partial charge in [0.15, 0.2) is 0 Å². The molecule has 2 atom stereocenters. The topological polar surface area (TPSA) is 83.6 Å². The lowest BCUT2D eigenvalue weighted by Gasteiger charge is -2.14. The summed E-state index contributed by atoms with van der Waals surface area (Å²) in [6.07, 6.45) is -1.15. The first-order valence-electron chi connectivity index (χ1n) is 3.84. The summed E-state index contributed by atoms with van der Waals surface area (Å²) in [5, 5.41) is 18.0. The molecule has 4 nitrogen and oxygen atoms in total. The van der Waals surface area contributed by atoms with Crippen molar-refractivity contribution < 1.29 is 15.0 Å². The molecular formula is C9H11NO3. The third kappa shape index (κ3) is 2.27. The normalized spacial score (nSPS) is 14.9. The molecule has 0 bridgehead atoms. The molecule has 0 amide bonds. The van der Waals surface area contributed by atoms with E-state index in [1.54, 1.807) is 30.3 Å². The van der Waals surface area contributed by atoms with Gasteiger partial charge in [-0.15, -0.1) is 0 Å². The van der Waals surface area contributed by atoms with Crippen molar-refractivity contribution in [2.75, 3.05) is 0 Å². The Kier molecular flexibility index (Phi) is 3.00. The lowest BCUT2D eigenvalue weighted by atomic mass is 10.0. The van der Waals surface area contributed by atoms with Crippen molar-refractivity contribution in [3.63, 3.8) is 0 Å². The first kappa shape index (κ1) is 9.70. The monoisotopic (exact) mass is 181 g/mol. The van der Waals surface area contributed by atoms with Gasteiger partial charge in [0, 0.05) is 0 Å². The van der Waals surface area contributed by atoms with Crippen LogP contribution in [0.3, 0.4) is 0 Å². The Morgan fingerprint density at radius 3 is 2.31 bits per heavy atom. The van der Waals surface area contributed by atoms with E-state index in [-0.39, 0.29) is 0 Å². The summed E-state index contributed by atoms with van der Waals surface area (Å²) in [5.41, 5.74) is 5.75. The van der Waals surface area contributed by atoms with Gasteiger partial charge >= 0.3 is 5.97 Å². The van der Waals surface area contributed by atoms with E-state index in [9.17, 15) is 9.90 Å².